The molecule has 3 nitrogen and oxygen atoms in total. The molecule has 0 fully saturated rings. The Morgan fingerprint density at radius 1 is 0.929 bits per heavy atom. The number of hydrogen-bond donors (Lipinski definition) is 0. The average molecular weight is 202 g/mol. The average Bonchev–Trinajstić information content (AvgIpc) is 2.21. The quantitative estimate of drug-likeness (QED) is 0.236. The second-order valence-corrected chi connectivity index (χ2v) is 3.10. The Bertz CT molecular complexity index is 124. The lowest BCUT2D eigenvalue weighted by molar-refractivity contribution is -0.272. The van der Waals surface area contributed by atoms with Gasteiger partial charge in [-0.15, -0.1) is 0 Å². The van der Waals surface area contributed by atoms with E-state index in [-0.39, 0.29) is 0 Å². The summed E-state index contributed by atoms with van der Waals surface area (Å²) in [4.78, 5) is 9.25. The monoisotopic (exact) mass is 202 g/mol. The van der Waals surface area contributed by atoms with Crippen LogP contribution in [0.4, 0.5) is 0 Å². The van der Waals surface area contributed by atoms with Crippen LogP contribution in [0.2, 0.25) is 0 Å². The first-order valence-corrected chi connectivity index (χ1v) is 5.30. The zero-order valence-corrected chi connectivity index (χ0v) is 9.33. The van der Waals surface area contributed by atoms with Crippen molar-refractivity contribution in [2.75, 3.05) is 20.3 Å². The Hall–Kier alpha value is -0.540. The molecule has 0 rings (SSSR count). The summed E-state index contributed by atoms with van der Waals surface area (Å²) in [5, 5.41) is 0. The van der Waals surface area contributed by atoms with Gasteiger partial charge in [-0.25, -0.2) is 9.78 Å². The fourth-order valence-corrected chi connectivity index (χ4v) is 1.12. The molecule has 84 valence electrons. The third-order valence-corrected chi connectivity index (χ3v) is 1.84. The predicted octanol–water partition coefficient (Wildman–Crippen LogP) is 3.07. The Balaban J connectivity index is 2.85. The van der Waals surface area contributed by atoms with Crippen LogP contribution >= 0.6 is 0 Å². The van der Waals surface area contributed by atoms with Crippen molar-refractivity contribution < 1.29 is 14.5 Å². The first-order valence-electron chi connectivity index (χ1n) is 5.30. The highest BCUT2D eigenvalue weighted by atomic mass is 17.2. The van der Waals surface area contributed by atoms with E-state index in [9.17, 15) is 0 Å². The number of allylic oxidation sites excluding steroid dienone is 1. The highest BCUT2D eigenvalue weighted by Gasteiger charge is 1.91. The van der Waals surface area contributed by atoms with Gasteiger partial charge in [0.1, 0.15) is 0 Å². The molecule has 0 aromatic rings. The highest BCUT2D eigenvalue weighted by molar-refractivity contribution is 4.64. The maximum absolute atomic E-state index is 5.20. The van der Waals surface area contributed by atoms with E-state index in [2.05, 4.69) is 4.89 Å². The van der Waals surface area contributed by atoms with Crippen molar-refractivity contribution in [3.05, 3.63) is 12.3 Å². The van der Waals surface area contributed by atoms with Crippen molar-refractivity contribution in [1.29, 1.82) is 0 Å². The van der Waals surface area contributed by atoms with Crippen LogP contribution in [0.15, 0.2) is 12.3 Å². The summed E-state index contributed by atoms with van der Waals surface area (Å²) in [5.41, 5.74) is 0. The van der Waals surface area contributed by atoms with Crippen molar-refractivity contribution in [1.82, 2.24) is 0 Å². The number of unbranched alkanes of at least 4 members (excludes halogenated alkanes) is 4. The van der Waals surface area contributed by atoms with Gasteiger partial charge in [0, 0.05) is 0 Å². The maximum Gasteiger partial charge on any atom is 0.0873 e. The molecule has 0 N–H and O–H groups in total. The van der Waals surface area contributed by atoms with Gasteiger partial charge < -0.3 is 4.74 Å². The summed E-state index contributed by atoms with van der Waals surface area (Å²) >= 11 is 0. The molecule has 0 amide bonds. The largest absolute Gasteiger partial charge is 0.502 e. The van der Waals surface area contributed by atoms with Crippen LogP contribution in [0, 0.1) is 0 Å². The van der Waals surface area contributed by atoms with E-state index in [1.165, 1.54) is 19.3 Å². The lowest BCUT2D eigenvalue weighted by Gasteiger charge is -2.01. The van der Waals surface area contributed by atoms with Gasteiger partial charge in [-0.3, -0.25) is 0 Å². The smallest absolute Gasteiger partial charge is 0.0873 e. The standard InChI is InChI=1S/C11H22O3/c1-3-9-13-10-7-5-4-6-8-11-14-12-2/h3,9H,4-8,10-11H2,1-2H3. The Labute approximate surface area is 87.0 Å². The molecule has 0 saturated heterocycles. The molecular weight excluding hydrogens is 180 g/mol. The Morgan fingerprint density at radius 2 is 1.57 bits per heavy atom. The van der Waals surface area contributed by atoms with Gasteiger partial charge in [0.25, 0.3) is 0 Å². The van der Waals surface area contributed by atoms with Crippen LogP contribution in [0.5, 0.6) is 0 Å². The van der Waals surface area contributed by atoms with Crippen LogP contribution in [0.1, 0.15) is 39.0 Å². The van der Waals surface area contributed by atoms with E-state index in [1.807, 2.05) is 13.0 Å². The molecule has 0 radical (unpaired) electrons. The number of ether oxygens (including phenoxy) is 1. The summed E-state index contributed by atoms with van der Waals surface area (Å²) in [5.74, 6) is 0. The van der Waals surface area contributed by atoms with E-state index < -0.39 is 0 Å². The zero-order chi connectivity index (χ0) is 10.5. The maximum atomic E-state index is 5.20. The van der Waals surface area contributed by atoms with Crippen LogP contribution < -0.4 is 0 Å². The van der Waals surface area contributed by atoms with Gasteiger partial charge in [0.05, 0.1) is 26.6 Å². The van der Waals surface area contributed by atoms with E-state index in [1.54, 1.807) is 13.4 Å². The third kappa shape index (κ3) is 11.5. The second-order valence-electron chi connectivity index (χ2n) is 3.10. The van der Waals surface area contributed by atoms with E-state index in [0.29, 0.717) is 6.61 Å². The van der Waals surface area contributed by atoms with Crippen molar-refractivity contribution in [3.63, 3.8) is 0 Å². The summed E-state index contributed by atoms with van der Waals surface area (Å²) in [6, 6.07) is 0. The van der Waals surface area contributed by atoms with E-state index in [4.69, 9.17) is 9.62 Å². The first-order chi connectivity index (χ1) is 6.91. The molecule has 0 spiro atoms. The highest BCUT2D eigenvalue weighted by Crippen LogP contribution is 2.03. The van der Waals surface area contributed by atoms with Crippen molar-refractivity contribution in [3.8, 4) is 0 Å². The molecule has 0 aliphatic heterocycles. The molecule has 0 aliphatic rings. The molecule has 14 heavy (non-hydrogen) atoms. The predicted molar refractivity (Wildman–Crippen MR) is 56.8 cm³/mol. The van der Waals surface area contributed by atoms with Gasteiger partial charge in [-0.1, -0.05) is 25.3 Å². The van der Waals surface area contributed by atoms with Crippen LogP contribution in [-0.2, 0) is 14.5 Å². The number of rotatable bonds is 10. The van der Waals surface area contributed by atoms with E-state index >= 15 is 0 Å². The summed E-state index contributed by atoms with van der Waals surface area (Å²) in [6.07, 6.45) is 9.53. The third-order valence-electron chi connectivity index (χ3n) is 1.84. The van der Waals surface area contributed by atoms with Crippen molar-refractivity contribution in [2.24, 2.45) is 0 Å². The van der Waals surface area contributed by atoms with Gasteiger partial charge in [0.2, 0.25) is 0 Å². The van der Waals surface area contributed by atoms with Crippen molar-refractivity contribution >= 4 is 0 Å². The molecule has 0 atom stereocenters. The van der Waals surface area contributed by atoms with Crippen molar-refractivity contribution in [2.45, 2.75) is 39.0 Å². The molecule has 0 heterocycles. The Morgan fingerprint density at radius 3 is 2.21 bits per heavy atom. The molecule has 3 heteroatoms. The lowest BCUT2D eigenvalue weighted by atomic mass is 10.1. The van der Waals surface area contributed by atoms with Gasteiger partial charge in [0.15, 0.2) is 0 Å². The van der Waals surface area contributed by atoms with E-state index in [0.717, 1.165) is 19.4 Å². The SMILES string of the molecule is CC=COCCCCCCCOOC. The minimum absolute atomic E-state index is 0.700. The lowest BCUT2D eigenvalue weighted by Crippen LogP contribution is -1.93. The Kier molecular flexibility index (Phi) is 12.0. The minimum Gasteiger partial charge on any atom is -0.502 e. The topological polar surface area (TPSA) is 27.7 Å². The minimum atomic E-state index is 0.700. The summed E-state index contributed by atoms with van der Waals surface area (Å²) in [7, 11) is 1.54. The molecule has 0 bridgehead atoms. The molecule has 0 aromatic carbocycles. The fourth-order valence-electron chi connectivity index (χ4n) is 1.12. The van der Waals surface area contributed by atoms with Crippen LogP contribution in [-0.4, -0.2) is 20.3 Å². The van der Waals surface area contributed by atoms with Crippen LogP contribution in [0.3, 0.4) is 0 Å². The molecular formula is C11H22O3. The van der Waals surface area contributed by atoms with Gasteiger partial charge in [-0.05, 0) is 19.8 Å². The van der Waals surface area contributed by atoms with Crippen LogP contribution in [0.25, 0.3) is 0 Å². The fraction of sp³-hybridized carbons (Fsp3) is 0.818. The summed E-state index contributed by atoms with van der Waals surface area (Å²) < 4.78 is 5.20. The second kappa shape index (κ2) is 12.5. The molecule has 0 aliphatic carbocycles. The van der Waals surface area contributed by atoms with Gasteiger partial charge >= 0.3 is 0 Å². The normalized spacial score (nSPS) is 11.0. The summed E-state index contributed by atoms with van der Waals surface area (Å²) in [6.45, 7) is 3.49. The number of hydrogen-bond acceptors (Lipinski definition) is 3. The molecule has 0 saturated carbocycles. The van der Waals surface area contributed by atoms with Gasteiger partial charge in [-0.2, -0.15) is 0 Å². The molecule has 0 aromatic heterocycles. The zero-order valence-electron chi connectivity index (χ0n) is 9.33. The first kappa shape index (κ1) is 13.5. The molecule has 0 unspecified atom stereocenters.